The predicted octanol–water partition coefficient (Wildman–Crippen LogP) is 3.28. The zero-order valence-corrected chi connectivity index (χ0v) is 9.68. The minimum atomic E-state index is -0.876. The van der Waals surface area contributed by atoms with Gasteiger partial charge in [-0.3, -0.25) is 0 Å². The molecule has 0 fully saturated rings. The average molecular weight is 226 g/mol. The summed E-state index contributed by atoms with van der Waals surface area (Å²) in [4.78, 5) is 10.9. The third kappa shape index (κ3) is 2.72. The molecule has 2 heteroatoms. The lowest BCUT2D eigenvalue weighted by atomic mass is 9.98. The summed E-state index contributed by atoms with van der Waals surface area (Å²) in [5.41, 5.74) is 3.73. The van der Waals surface area contributed by atoms with Crippen LogP contribution in [-0.2, 0) is 6.42 Å². The molecule has 0 aliphatic heterocycles. The highest BCUT2D eigenvalue weighted by Gasteiger charge is 2.06. The van der Waals surface area contributed by atoms with Gasteiger partial charge in [0.15, 0.2) is 0 Å². The molecule has 0 saturated carbocycles. The van der Waals surface area contributed by atoms with Crippen molar-refractivity contribution >= 4 is 5.97 Å². The Morgan fingerprint density at radius 3 is 2.47 bits per heavy atom. The number of hydrogen-bond acceptors (Lipinski definition) is 1. The summed E-state index contributed by atoms with van der Waals surface area (Å²) in [5.74, 6) is -0.876. The summed E-state index contributed by atoms with van der Waals surface area (Å²) in [5, 5.41) is 8.97. The molecule has 0 aliphatic carbocycles. The van der Waals surface area contributed by atoms with Crippen LogP contribution in [0.25, 0.3) is 0 Å². The van der Waals surface area contributed by atoms with Crippen LogP contribution < -0.4 is 0 Å². The number of aromatic carboxylic acids is 1. The number of rotatable bonds is 3. The molecule has 2 nitrogen and oxygen atoms in total. The van der Waals surface area contributed by atoms with Gasteiger partial charge in [-0.15, -0.1) is 0 Å². The van der Waals surface area contributed by atoms with E-state index in [2.05, 4.69) is 0 Å². The summed E-state index contributed by atoms with van der Waals surface area (Å²) in [6, 6.07) is 15.3. The largest absolute Gasteiger partial charge is 0.478 e. The van der Waals surface area contributed by atoms with Gasteiger partial charge in [0.2, 0.25) is 0 Å². The molecule has 0 saturated heterocycles. The van der Waals surface area contributed by atoms with Crippen molar-refractivity contribution in [3.8, 4) is 0 Å². The Morgan fingerprint density at radius 2 is 1.82 bits per heavy atom. The van der Waals surface area contributed by atoms with Crippen molar-refractivity contribution in [1.82, 2.24) is 0 Å². The summed E-state index contributed by atoms with van der Waals surface area (Å²) in [6.07, 6.45) is 0.772. The minimum Gasteiger partial charge on any atom is -0.478 e. The Hall–Kier alpha value is -2.09. The number of benzene rings is 2. The first-order valence-corrected chi connectivity index (χ1v) is 5.53. The van der Waals surface area contributed by atoms with Crippen molar-refractivity contribution < 1.29 is 9.90 Å². The molecular formula is C15H14O2. The number of carbonyl (C=O) groups is 1. The van der Waals surface area contributed by atoms with Gasteiger partial charge in [0.1, 0.15) is 0 Å². The summed E-state index contributed by atoms with van der Waals surface area (Å²) in [6.45, 7) is 2.00. The summed E-state index contributed by atoms with van der Waals surface area (Å²) >= 11 is 0. The summed E-state index contributed by atoms with van der Waals surface area (Å²) < 4.78 is 0. The Labute approximate surface area is 101 Å². The van der Waals surface area contributed by atoms with E-state index < -0.39 is 5.97 Å². The summed E-state index contributed by atoms with van der Waals surface area (Å²) in [7, 11) is 0. The van der Waals surface area contributed by atoms with Gasteiger partial charge in [-0.1, -0.05) is 36.4 Å². The van der Waals surface area contributed by atoms with Crippen molar-refractivity contribution in [2.45, 2.75) is 13.3 Å². The standard InChI is InChI=1S/C15H14O2/c1-11-7-8-13(15(16)17)10-14(11)9-12-5-3-2-4-6-12/h2-8,10H,9H2,1H3,(H,16,17). The molecule has 2 aromatic rings. The average Bonchev–Trinajstić information content (AvgIpc) is 2.33. The Bertz CT molecular complexity index is 530. The van der Waals surface area contributed by atoms with E-state index in [0.29, 0.717) is 5.56 Å². The number of aryl methyl sites for hydroxylation is 1. The van der Waals surface area contributed by atoms with Crippen molar-refractivity contribution in [2.75, 3.05) is 0 Å². The van der Waals surface area contributed by atoms with E-state index >= 15 is 0 Å². The maximum Gasteiger partial charge on any atom is 0.335 e. The van der Waals surface area contributed by atoms with E-state index in [1.54, 1.807) is 12.1 Å². The molecule has 2 rings (SSSR count). The third-order valence-corrected chi connectivity index (χ3v) is 2.83. The first-order valence-electron chi connectivity index (χ1n) is 5.53. The van der Waals surface area contributed by atoms with Gasteiger partial charge in [-0.2, -0.15) is 0 Å². The van der Waals surface area contributed by atoms with Gasteiger partial charge in [0, 0.05) is 0 Å². The fraction of sp³-hybridized carbons (Fsp3) is 0.133. The second kappa shape index (κ2) is 4.83. The lowest BCUT2D eigenvalue weighted by Gasteiger charge is -2.07. The SMILES string of the molecule is Cc1ccc(C(=O)O)cc1Cc1ccccc1. The van der Waals surface area contributed by atoms with Crippen LogP contribution >= 0.6 is 0 Å². The Kier molecular flexibility index (Phi) is 3.24. The molecule has 0 heterocycles. The Balaban J connectivity index is 2.32. The van der Waals surface area contributed by atoms with Crippen LogP contribution in [-0.4, -0.2) is 11.1 Å². The van der Waals surface area contributed by atoms with Gasteiger partial charge < -0.3 is 5.11 Å². The van der Waals surface area contributed by atoms with Crippen LogP contribution in [0, 0.1) is 6.92 Å². The molecule has 0 unspecified atom stereocenters. The van der Waals surface area contributed by atoms with Crippen LogP contribution in [0.15, 0.2) is 48.5 Å². The molecule has 0 aromatic heterocycles. The highest BCUT2D eigenvalue weighted by molar-refractivity contribution is 5.87. The van der Waals surface area contributed by atoms with E-state index in [-0.39, 0.29) is 0 Å². The number of carboxylic acid groups (broad SMARTS) is 1. The second-order valence-electron chi connectivity index (χ2n) is 4.11. The lowest BCUT2D eigenvalue weighted by Crippen LogP contribution is -1.99. The van der Waals surface area contributed by atoms with Crippen molar-refractivity contribution in [3.05, 3.63) is 70.8 Å². The molecule has 0 bridgehead atoms. The van der Waals surface area contributed by atoms with Crippen LogP contribution in [0.2, 0.25) is 0 Å². The molecule has 0 spiro atoms. The highest BCUT2D eigenvalue weighted by atomic mass is 16.4. The fourth-order valence-corrected chi connectivity index (χ4v) is 1.81. The topological polar surface area (TPSA) is 37.3 Å². The third-order valence-electron chi connectivity index (χ3n) is 2.83. The van der Waals surface area contributed by atoms with Crippen molar-refractivity contribution in [3.63, 3.8) is 0 Å². The first-order chi connectivity index (χ1) is 8.16. The minimum absolute atomic E-state index is 0.349. The molecular weight excluding hydrogens is 212 g/mol. The Morgan fingerprint density at radius 1 is 1.12 bits per heavy atom. The van der Waals surface area contributed by atoms with Crippen molar-refractivity contribution in [1.29, 1.82) is 0 Å². The van der Waals surface area contributed by atoms with Crippen LogP contribution in [0.1, 0.15) is 27.0 Å². The zero-order valence-electron chi connectivity index (χ0n) is 9.68. The predicted molar refractivity (Wildman–Crippen MR) is 67.4 cm³/mol. The molecule has 0 amide bonds. The molecule has 0 aliphatic rings. The van der Waals surface area contributed by atoms with Gasteiger partial charge in [-0.25, -0.2) is 4.79 Å². The van der Waals surface area contributed by atoms with Gasteiger partial charge in [0.05, 0.1) is 5.56 Å². The van der Waals surface area contributed by atoms with Crippen LogP contribution in [0.3, 0.4) is 0 Å². The number of carboxylic acids is 1. The fourth-order valence-electron chi connectivity index (χ4n) is 1.81. The molecule has 17 heavy (non-hydrogen) atoms. The van der Waals surface area contributed by atoms with E-state index in [1.165, 1.54) is 5.56 Å². The first kappa shape index (κ1) is 11.4. The van der Waals surface area contributed by atoms with Gasteiger partial charge in [0.25, 0.3) is 0 Å². The molecule has 1 N–H and O–H groups in total. The van der Waals surface area contributed by atoms with Gasteiger partial charge in [-0.05, 0) is 42.2 Å². The molecule has 2 aromatic carbocycles. The van der Waals surface area contributed by atoms with Crippen molar-refractivity contribution in [2.24, 2.45) is 0 Å². The number of hydrogen-bond donors (Lipinski definition) is 1. The normalized spacial score (nSPS) is 10.2. The zero-order chi connectivity index (χ0) is 12.3. The maximum absolute atomic E-state index is 10.9. The van der Waals surface area contributed by atoms with Gasteiger partial charge >= 0.3 is 5.97 Å². The van der Waals surface area contributed by atoms with Crippen LogP contribution in [0.4, 0.5) is 0 Å². The van der Waals surface area contributed by atoms with Crippen LogP contribution in [0.5, 0.6) is 0 Å². The molecule has 0 radical (unpaired) electrons. The maximum atomic E-state index is 10.9. The smallest absolute Gasteiger partial charge is 0.335 e. The quantitative estimate of drug-likeness (QED) is 0.872. The molecule has 0 atom stereocenters. The van der Waals surface area contributed by atoms with E-state index in [9.17, 15) is 4.79 Å². The van der Waals surface area contributed by atoms with E-state index in [0.717, 1.165) is 17.5 Å². The lowest BCUT2D eigenvalue weighted by molar-refractivity contribution is 0.0697. The second-order valence-corrected chi connectivity index (χ2v) is 4.11. The highest BCUT2D eigenvalue weighted by Crippen LogP contribution is 2.16. The van der Waals surface area contributed by atoms with E-state index in [4.69, 9.17) is 5.11 Å². The molecule has 86 valence electrons. The van der Waals surface area contributed by atoms with E-state index in [1.807, 2.05) is 43.3 Å². The monoisotopic (exact) mass is 226 g/mol.